The van der Waals surface area contributed by atoms with Crippen molar-refractivity contribution in [3.63, 3.8) is 0 Å². The third-order valence-corrected chi connectivity index (χ3v) is 4.50. The summed E-state index contributed by atoms with van der Waals surface area (Å²) in [6.45, 7) is 1.22. The Morgan fingerprint density at radius 3 is 2.50 bits per heavy atom. The van der Waals surface area contributed by atoms with E-state index in [2.05, 4.69) is 10.6 Å². The van der Waals surface area contributed by atoms with Crippen molar-refractivity contribution < 1.29 is 35.0 Å². The zero-order chi connectivity index (χ0) is 22.1. The van der Waals surface area contributed by atoms with Crippen molar-refractivity contribution in [3.05, 3.63) is 64.7 Å². The van der Waals surface area contributed by atoms with Crippen LogP contribution in [0.25, 0.3) is 0 Å². The van der Waals surface area contributed by atoms with Crippen molar-refractivity contribution in [2.24, 2.45) is 0 Å². The fourth-order valence-electron chi connectivity index (χ4n) is 2.91. The standard InChI is InChI=1S/C20H25BN2O7/c24-9-3-8-22-12-13-4-1-6-15(10-13)19(26)23-17(21(29)30)11-14-5-2-7-16(18(14)25)20(27)28/h1-2,4-7,10,17,22,24-25,29-30H,3,8-9,11-12H2,(H,23,26)(H,27,28). The third kappa shape index (κ3) is 6.56. The Bertz CT molecular complexity index is 876. The maximum atomic E-state index is 12.6. The van der Waals surface area contributed by atoms with E-state index in [0.29, 0.717) is 25.1 Å². The number of aromatic carboxylic acids is 1. The highest BCUT2D eigenvalue weighted by atomic mass is 16.4. The molecule has 9 nitrogen and oxygen atoms in total. The molecule has 0 aliphatic rings. The fourth-order valence-corrected chi connectivity index (χ4v) is 2.91. The summed E-state index contributed by atoms with van der Waals surface area (Å²) in [5.41, 5.74) is 1.00. The topological polar surface area (TPSA) is 159 Å². The first-order chi connectivity index (χ1) is 14.3. The molecule has 1 atom stereocenters. The highest BCUT2D eigenvalue weighted by Crippen LogP contribution is 2.24. The van der Waals surface area contributed by atoms with Gasteiger partial charge in [-0.3, -0.25) is 4.79 Å². The first-order valence-electron chi connectivity index (χ1n) is 9.45. The highest BCUT2D eigenvalue weighted by molar-refractivity contribution is 6.43. The van der Waals surface area contributed by atoms with Gasteiger partial charge in [-0.25, -0.2) is 4.79 Å². The lowest BCUT2D eigenvalue weighted by molar-refractivity contribution is 0.0693. The number of phenols is 1. The van der Waals surface area contributed by atoms with Crippen LogP contribution in [0.5, 0.6) is 5.75 Å². The van der Waals surface area contributed by atoms with Gasteiger partial charge in [0.2, 0.25) is 0 Å². The number of carbonyl (C=O) groups excluding carboxylic acids is 1. The Morgan fingerprint density at radius 1 is 1.10 bits per heavy atom. The summed E-state index contributed by atoms with van der Waals surface area (Å²) < 4.78 is 0. The van der Waals surface area contributed by atoms with Gasteiger partial charge in [-0.05, 0) is 48.7 Å². The summed E-state index contributed by atoms with van der Waals surface area (Å²) in [6.07, 6.45) is 0.435. The normalized spacial score (nSPS) is 11.7. The number of carboxylic acids is 1. The van der Waals surface area contributed by atoms with Crippen LogP contribution >= 0.6 is 0 Å². The van der Waals surface area contributed by atoms with Gasteiger partial charge in [-0.1, -0.05) is 24.3 Å². The molecular weight excluding hydrogens is 391 g/mol. The summed E-state index contributed by atoms with van der Waals surface area (Å²) in [7, 11) is -1.93. The summed E-state index contributed by atoms with van der Waals surface area (Å²) in [4.78, 5) is 23.7. The molecule has 2 aromatic rings. The molecule has 0 saturated carbocycles. The molecule has 0 aliphatic heterocycles. The average molecular weight is 416 g/mol. The lowest BCUT2D eigenvalue weighted by atomic mass is 9.75. The first-order valence-corrected chi connectivity index (χ1v) is 9.45. The van der Waals surface area contributed by atoms with Gasteiger partial charge in [0.15, 0.2) is 0 Å². The number of hydrogen-bond acceptors (Lipinski definition) is 7. The second kappa shape index (κ2) is 11.3. The van der Waals surface area contributed by atoms with Crippen LogP contribution in [0.4, 0.5) is 0 Å². The zero-order valence-corrected chi connectivity index (χ0v) is 16.3. The van der Waals surface area contributed by atoms with Gasteiger partial charge in [-0.2, -0.15) is 0 Å². The van der Waals surface area contributed by atoms with Crippen molar-refractivity contribution in [2.75, 3.05) is 13.2 Å². The van der Waals surface area contributed by atoms with E-state index in [1.165, 1.54) is 18.2 Å². The Labute approximate surface area is 174 Å². The molecule has 0 aliphatic carbocycles. The molecule has 160 valence electrons. The molecule has 30 heavy (non-hydrogen) atoms. The third-order valence-electron chi connectivity index (χ3n) is 4.50. The molecule has 0 saturated heterocycles. The van der Waals surface area contributed by atoms with E-state index < -0.39 is 30.7 Å². The lowest BCUT2D eigenvalue weighted by Gasteiger charge is -2.19. The number of aliphatic hydroxyl groups excluding tert-OH is 1. The molecule has 7 N–H and O–H groups in total. The minimum Gasteiger partial charge on any atom is -0.507 e. The predicted octanol–water partition coefficient (Wildman–Crippen LogP) is -0.0845. The van der Waals surface area contributed by atoms with Crippen molar-refractivity contribution >= 4 is 19.0 Å². The van der Waals surface area contributed by atoms with Gasteiger partial charge < -0.3 is 36.0 Å². The van der Waals surface area contributed by atoms with Gasteiger partial charge in [0, 0.05) is 18.7 Å². The Kier molecular flexibility index (Phi) is 8.81. The van der Waals surface area contributed by atoms with E-state index >= 15 is 0 Å². The maximum absolute atomic E-state index is 12.6. The van der Waals surface area contributed by atoms with Crippen LogP contribution in [0.2, 0.25) is 0 Å². The molecule has 10 heteroatoms. The molecule has 0 bridgehead atoms. The Morgan fingerprint density at radius 2 is 1.83 bits per heavy atom. The fraction of sp³-hybridized carbons (Fsp3) is 0.300. The van der Waals surface area contributed by atoms with Crippen LogP contribution in [0.1, 0.15) is 38.3 Å². The van der Waals surface area contributed by atoms with Crippen LogP contribution in [0, 0.1) is 0 Å². The van der Waals surface area contributed by atoms with Crippen LogP contribution in [0.15, 0.2) is 42.5 Å². The number of rotatable bonds is 11. The minimum absolute atomic E-state index is 0.0885. The summed E-state index contributed by atoms with van der Waals surface area (Å²) in [6, 6.07) is 10.9. The molecule has 0 aromatic heterocycles. The second-order valence-corrected chi connectivity index (χ2v) is 6.77. The number of amides is 1. The van der Waals surface area contributed by atoms with Crippen molar-refractivity contribution in [3.8, 4) is 5.75 Å². The second-order valence-electron chi connectivity index (χ2n) is 6.77. The van der Waals surface area contributed by atoms with Crippen molar-refractivity contribution in [2.45, 2.75) is 25.3 Å². The number of benzene rings is 2. The van der Waals surface area contributed by atoms with Crippen LogP contribution in [-0.2, 0) is 13.0 Å². The smallest absolute Gasteiger partial charge is 0.475 e. The Hall–Kier alpha value is -2.92. The molecule has 0 heterocycles. The number of aliphatic hydroxyl groups is 1. The van der Waals surface area contributed by atoms with E-state index in [9.17, 15) is 24.7 Å². The zero-order valence-electron chi connectivity index (χ0n) is 16.3. The van der Waals surface area contributed by atoms with Crippen molar-refractivity contribution in [1.82, 2.24) is 10.6 Å². The van der Waals surface area contributed by atoms with E-state index in [0.717, 1.165) is 5.56 Å². The number of carbonyl (C=O) groups is 2. The minimum atomic E-state index is -1.93. The maximum Gasteiger partial charge on any atom is 0.475 e. The van der Waals surface area contributed by atoms with Crippen LogP contribution in [0.3, 0.4) is 0 Å². The molecule has 2 rings (SSSR count). The summed E-state index contributed by atoms with van der Waals surface area (Å²) in [5, 5.41) is 53.0. The van der Waals surface area contributed by atoms with Gasteiger partial charge in [0.05, 0.1) is 5.94 Å². The molecule has 2 aromatic carbocycles. The number of para-hydroxylation sites is 1. The van der Waals surface area contributed by atoms with Gasteiger partial charge in [-0.15, -0.1) is 0 Å². The van der Waals surface area contributed by atoms with Gasteiger partial charge >= 0.3 is 13.1 Å². The average Bonchev–Trinajstić information content (AvgIpc) is 2.72. The molecule has 0 spiro atoms. The summed E-state index contributed by atoms with van der Waals surface area (Å²) >= 11 is 0. The van der Waals surface area contributed by atoms with Crippen LogP contribution in [-0.4, -0.2) is 63.5 Å². The van der Waals surface area contributed by atoms with Crippen molar-refractivity contribution in [1.29, 1.82) is 0 Å². The number of hydrogen-bond donors (Lipinski definition) is 7. The largest absolute Gasteiger partial charge is 0.507 e. The van der Waals surface area contributed by atoms with E-state index in [1.807, 2.05) is 6.07 Å². The molecule has 0 radical (unpaired) electrons. The molecule has 1 amide bonds. The first kappa shape index (κ1) is 23.4. The monoisotopic (exact) mass is 416 g/mol. The van der Waals surface area contributed by atoms with E-state index in [4.69, 9.17) is 10.2 Å². The SMILES string of the molecule is O=C(NC(Cc1cccc(C(=O)O)c1O)B(O)O)c1cccc(CNCCCO)c1. The molecule has 1 unspecified atom stereocenters. The molecule has 0 fully saturated rings. The van der Waals surface area contributed by atoms with E-state index in [1.54, 1.807) is 18.2 Å². The van der Waals surface area contributed by atoms with Crippen LogP contribution < -0.4 is 10.6 Å². The number of aromatic hydroxyl groups is 1. The number of carboxylic acid groups (broad SMARTS) is 1. The lowest BCUT2D eigenvalue weighted by Crippen LogP contribution is -2.48. The predicted molar refractivity (Wildman–Crippen MR) is 110 cm³/mol. The highest BCUT2D eigenvalue weighted by Gasteiger charge is 2.28. The Balaban J connectivity index is 2.09. The number of nitrogens with one attached hydrogen (secondary N) is 2. The molecular formula is C20H25BN2O7. The quantitative estimate of drug-likeness (QED) is 0.198. The summed E-state index contributed by atoms with van der Waals surface area (Å²) in [5.74, 6) is -3.51. The van der Waals surface area contributed by atoms with Gasteiger partial charge in [0.1, 0.15) is 11.3 Å². The van der Waals surface area contributed by atoms with E-state index in [-0.39, 0.29) is 24.2 Å². The van der Waals surface area contributed by atoms with Gasteiger partial charge in [0.25, 0.3) is 5.91 Å².